The molecule has 63 heavy (non-hydrogen) atoms. The van der Waals surface area contributed by atoms with E-state index in [9.17, 15) is 34.2 Å². The zero-order valence-electron chi connectivity index (χ0n) is 35.8. The first-order valence-electron chi connectivity index (χ1n) is 20.8. The second-order valence-electron chi connectivity index (χ2n) is 16.2. The van der Waals surface area contributed by atoms with Crippen LogP contribution in [0.3, 0.4) is 0 Å². The third-order valence-electron chi connectivity index (χ3n) is 11.4. The highest BCUT2D eigenvalue weighted by Gasteiger charge is 2.39. The Hall–Kier alpha value is -6.79. The number of phenolic OH excluding ortho intramolecular Hbond substituents is 1. The number of anilines is 1. The second kappa shape index (κ2) is 19.5. The van der Waals surface area contributed by atoms with Gasteiger partial charge < -0.3 is 57.7 Å². The molecule has 0 saturated heterocycles. The quantitative estimate of drug-likeness (QED) is 0.0798. The number of carboxylic acid groups (broad SMARTS) is 1. The molecule has 0 spiro atoms. The number of hydrogen-bond acceptors (Lipinski definition) is 13. The van der Waals surface area contributed by atoms with Crippen molar-refractivity contribution in [3.05, 3.63) is 82.5 Å². The van der Waals surface area contributed by atoms with Crippen molar-refractivity contribution in [2.45, 2.75) is 76.4 Å². The van der Waals surface area contributed by atoms with E-state index >= 15 is 0 Å². The molecule has 1 aliphatic heterocycles. The Morgan fingerprint density at radius 3 is 2.21 bits per heavy atom. The van der Waals surface area contributed by atoms with E-state index in [0.717, 1.165) is 23.3 Å². The molecule has 4 amide bonds. The fourth-order valence-corrected chi connectivity index (χ4v) is 7.33. The number of aromatic hydroxyl groups is 1. The molecule has 4 bridgehead atoms. The van der Waals surface area contributed by atoms with Crippen LogP contribution in [0.2, 0.25) is 0 Å². The number of hydrogen-bond donors (Lipinski definition) is 8. The number of carbonyl (C=O) groups is 5. The van der Waals surface area contributed by atoms with Crippen molar-refractivity contribution in [1.82, 2.24) is 30.8 Å². The molecular weight excluding hydrogens is 811 g/mol. The number of aryl methyl sites for hydroxylation is 1. The van der Waals surface area contributed by atoms with Gasteiger partial charge in [0.1, 0.15) is 35.3 Å². The van der Waals surface area contributed by atoms with E-state index in [-0.39, 0.29) is 71.3 Å². The number of aromatic nitrogens is 2. The van der Waals surface area contributed by atoms with E-state index in [2.05, 4.69) is 32.8 Å². The van der Waals surface area contributed by atoms with E-state index in [1.807, 2.05) is 24.3 Å². The monoisotopic (exact) mass is 865 g/mol. The van der Waals surface area contributed by atoms with E-state index in [4.69, 9.17) is 26.7 Å². The lowest BCUT2D eigenvalue weighted by atomic mass is 9.93. The molecule has 1 aromatic heterocycles. The van der Waals surface area contributed by atoms with Crippen molar-refractivity contribution in [2.75, 3.05) is 45.6 Å². The minimum absolute atomic E-state index is 0.0271. The Bertz CT molecular complexity index is 2360. The van der Waals surface area contributed by atoms with Gasteiger partial charge in [0.2, 0.25) is 17.7 Å². The minimum Gasteiger partial charge on any atom is -0.504 e. The molecule has 1 saturated carbocycles. The van der Waals surface area contributed by atoms with Gasteiger partial charge in [-0.15, -0.1) is 0 Å². The van der Waals surface area contributed by atoms with Crippen molar-refractivity contribution in [3.63, 3.8) is 0 Å². The van der Waals surface area contributed by atoms with Gasteiger partial charge >= 0.3 is 5.97 Å². The Balaban J connectivity index is 1.35. The summed E-state index contributed by atoms with van der Waals surface area (Å²) in [7, 11) is 1.34. The van der Waals surface area contributed by atoms with Gasteiger partial charge in [-0.3, -0.25) is 19.2 Å². The number of aliphatic carboxylic acids is 1. The summed E-state index contributed by atoms with van der Waals surface area (Å²) in [6.45, 7) is 5.49. The summed E-state index contributed by atoms with van der Waals surface area (Å²) in [5.74, 6) is -4.26. The van der Waals surface area contributed by atoms with E-state index in [1.54, 1.807) is 25.1 Å². The first kappa shape index (κ1) is 45.7. The lowest BCUT2D eigenvalue weighted by molar-refractivity contribution is -0.142. The number of nitrogen functional groups attached to an aromatic ring is 1. The molecule has 4 aromatic rings. The summed E-state index contributed by atoms with van der Waals surface area (Å²) in [6, 6.07) is 11.5. The van der Waals surface area contributed by atoms with Gasteiger partial charge in [-0.2, -0.15) is 0 Å². The number of ether oxygens (including phenoxy) is 2. The molecular formula is C45H55N9O9. The number of rotatable bonds is 15. The molecule has 18 heteroatoms. The molecule has 2 heterocycles. The molecule has 2 aliphatic rings. The summed E-state index contributed by atoms with van der Waals surface area (Å²) in [5, 5.41) is 29.5. The maximum Gasteiger partial charge on any atom is 0.326 e. The molecule has 6 rings (SSSR count). The van der Waals surface area contributed by atoms with Crippen LogP contribution in [0.25, 0.3) is 22.5 Å². The van der Waals surface area contributed by atoms with E-state index in [0.29, 0.717) is 42.1 Å². The SMILES string of the molecule is Cc1nc(-c2ccc(C3(C)CC3)cc2)nc(N)c1C(=O)NCC(=O)N(C)[C@@H]1C(=O)N[C@@H](C)C(=O)N[C@H](C(=O)O)Cc2ccc(OCCCN)c(c2)-c2cc1cc(OCCCN)c2O. The molecule has 3 aromatic carbocycles. The largest absolute Gasteiger partial charge is 0.504 e. The number of likely N-dealkylation sites (N-methyl/N-ethyl adjacent to an activating group) is 1. The first-order chi connectivity index (χ1) is 30.0. The predicted molar refractivity (Wildman–Crippen MR) is 234 cm³/mol. The summed E-state index contributed by atoms with van der Waals surface area (Å²) < 4.78 is 12.1. The summed E-state index contributed by atoms with van der Waals surface area (Å²) >= 11 is 0. The first-order valence-corrected chi connectivity index (χ1v) is 20.8. The van der Waals surface area contributed by atoms with Crippen molar-refractivity contribution >= 4 is 35.4 Å². The zero-order valence-corrected chi connectivity index (χ0v) is 35.8. The highest BCUT2D eigenvalue weighted by molar-refractivity contribution is 6.02. The second-order valence-corrected chi connectivity index (χ2v) is 16.2. The molecule has 18 nitrogen and oxygen atoms in total. The molecule has 0 unspecified atom stereocenters. The number of carboxylic acids is 1. The maximum atomic E-state index is 14.4. The summed E-state index contributed by atoms with van der Waals surface area (Å²) in [6.07, 6.45) is 3.01. The van der Waals surface area contributed by atoms with Gasteiger partial charge in [0, 0.05) is 30.2 Å². The number of carbonyl (C=O) groups excluding carboxylic acids is 4. The molecule has 1 fully saturated rings. The Kier molecular flexibility index (Phi) is 14.2. The van der Waals surface area contributed by atoms with Crippen LogP contribution in [0.4, 0.5) is 5.82 Å². The lowest BCUT2D eigenvalue weighted by Crippen LogP contribution is -2.53. The van der Waals surface area contributed by atoms with Gasteiger partial charge in [0.25, 0.3) is 5.91 Å². The summed E-state index contributed by atoms with van der Waals surface area (Å²) in [4.78, 5) is 77.9. The van der Waals surface area contributed by atoms with Crippen LogP contribution in [0.5, 0.6) is 17.2 Å². The topological polar surface area (TPSA) is 287 Å². The zero-order chi connectivity index (χ0) is 45.6. The number of phenols is 1. The summed E-state index contributed by atoms with van der Waals surface area (Å²) in [5.41, 5.74) is 21.2. The standard InChI is InChI=1S/C45H55N9O9/c1-24-36(39(48)53-40(50-24)27-8-10-29(11-9-27)45(3)13-14-45)42(58)49-23-35(55)54(4)37-28-21-31(38(56)34(22-28)63-18-6-16-47)30-19-26(7-12-33(30)62-17-5-15-46)20-32(44(60)61)52-41(57)25(2)51-43(37)59/h7-12,19,21-22,25,32,37,56H,5-6,13-18,20,23,46-47H2,1-4H3,(H,49,58)(H,51,59)(H,52,57)(H,60,61)(H2,48,50,53)/t25-,32-,37-/m0/s1. The van der Waals surface area contributed by atoms with E-state index < -0.39 is 54.3 Å². The third kappa shape index (κ3) is 10.5. The number of amides is 4. The van der Waals surface area contributed by atoms with Crippen LogP contribution in [0.15, 0.2) is 54.6 Å². The van der Waals surface area contributed by atoms with E-state index in [1.165, 1.54) is 31.7 Å². The predicted octanol–water partition coefficient (Wildman–Crippen LogP) is 2.47. The number of benzene rings is 3. The normalized spacial score (nSPS) is 18.0. The average molecular weight is 866 g/mol. The molecule has 3 atom stereocenters. The number of nitrogens with zero attached hydrogens (tertiary/aromatic N) is 3. The molecule has 1 aliphatic carbocycles. The Morgan fingerprint density at radius 1 is 0.921 bits per heavy atom. The number of nitrogens with one attached hydrogen (secondary N) is 3. The highest BCUT2D eigenvalue weighted by atomic mass is 16.5. The van der Waals surface area contributed by atoms with Crippen LogP contribution >= 0.6 is 0 Å². The smallest absolute Gasteiger partial charge is 0.326 e. The van der Waals surface area contributed by atoms with Crippen LogP contribution < -0.4 is 42.6 Å². The van der Waals surface area contributed by atoms with Crippen molar-refractivity contribution in [3.8, 4) is 39.8 Å². The number of nitrogens with two attached hydrogens (primary N) is 3. The van der Waals surface area contributed by atoms with Gasteiger partial charge in [-0.25, -0.2) is 14.8 Å². The number of fused-ring (bicyclic) bond motifs is 5. The van der Waals surface area contributed by atoms with Crippen molar-refractivity contribution in [2.24, 2.45) is 11.5 Å². The molecule has 334 valence electrons. The van der Waals surface area contributed by atoms with Gasteiger partial charge in [-0.1, -0.05) is 37.3 Å². The van der Waals surface area contributed by atoms with Crippen LogP contribution in [0, 0.1) is 6.92 Å². The van der Waals surface area contributed by atoms with Gasteiger partial charge in [0.05, 0.1) is 25.5 Å². The van der Waals surface area contributed by atoms with Gasteiger partial charge in [-0.05, 0) is 99.0 Å². The van der Waals surface area contributed by atoms with Gasteiger partial charge in [0.15, 0.2) is 17.3 Å². The third-order valence-corrected chi connectivity index (χ3v) is 11.4. The van der Waals surface area contributed by atoms with Crippen LogP contribution in [-0.4, -0.2) is 107 Å². The minimum atomic E-state index is -1.51. The Labute approximate surface area is 364 Å². The Morgan fingerprint density at radius 2 is 1.59 bits per heavy atom. The fourth-order valence-electron chi connectivity index (χ4n) is 7.33. The highest BCUT2D eigenvalue weighted by Crippen LogP contribution is 2.48. The van der Waals surface area contributed by atoms with Crippen molar-refractivity contribution in [1.29, 1.82) is 0 Å². The maximum absolute atomic E-state index is 14.4. The lowest BCUT2D eigenvalue weighted by Gasteiger charge is -2.30. The van der Waals surface area contributed by atoms with Crippen LogP contribution in [0.1, 0.15) is 78.3 Å². The molecule has 11 N–H and O–H groups in total. The van der Waals surface area contributed by atoms with Crippen LogP contribution in [-0.2, 0) is 31.0 Å². The van der Waals surface area contributed by atoms with Crippen molar-refractivity contribution < 1.29 is 43.7 Å². The fraction of sp³-hybridized carbons (Fsp3) is 0.400. The molecule has 0 radical (unpaired) electrons. The average Bonchev–Trinajstić information content (AvgIpc) is 4.01.